The molecule has 1 aromatic rings. The Morgan fingerprint density at radius 1 is 1.06 bits per heavy atom. The number of benzene rings is 1. The molecule has 1 aliphatic heterocycles. The summed E-state index contributed by atoms with van der Waals surface area (Å²) in [5, 5.41) is 2.71. The van der Waals surface area contributed by atoms with Crippen LogP contribution in [0.5, 0.6) is 0 Å². The van der Waals surface area contributed by atoms with Gasteiger partial charge < -0.3 is 4.90 Å². The van der Waals surface area contributed by atoms with Crippen molar-refractivity contribution in [1.82, 2.24) is 4.90 Å². The van der Waals surface area contributed by atoms with E-state index in [1.165, 1.54) is 28.0 Å². The number of allylic oxidation sites excluding steroid dienone is 1. The Hall–Kier alpha value is -0.890. The number of hydrogen-bond acceptors (Lipinski definition) is 2. The van der Waals surface area contributed by atoms with Gasteiger partial charge in [0.1, 0.15) is 5.37 Å². The molecule has 16 heavy (non-hydrogen) atoms. The molecule has 0 aliphatic carbocycles. The minimum atomic E-state index is 0.459. The quantitative estimate of drug-likeness (QED) is 0.717. The van der Waals surface area contributed by atoms with Crippen LogP contribution in [0.2, 0.25) is 0 Å². The molecule has 0 saturated heterocycles. The average Bonchev–Trinajstić information content (AvgIpc) is 2.48. The van der Waals surface area contributed by atoms with Gasteiger partial charge in [-0.3, -0.25) is 0 Å². The highest BCUT2D eigenvalue weighted by Gasteiger charge is 2.25. The topological polar surface area (TPSA) is 3.24 Å². The molecule has 1 atom stereocenters. The molecule has 1 unspecified atom stereocenters. The van der Waals surface area contributed by atoms with Gasteiger partial charge >= 0.3 is 0 Å². The molecule has 2 heteroatoms. The van der Waals surface area contributed by atoms with Gasteiger partial charge in [-0.15, -0.1) is 11.8 Å². The van der Waals surface area contributed by atoms with E-state index in [1.54, 1.807) is 0 Å². The van der Waals surface area contributed by atoms with Crippen LogP contribution in [0.4, 0.5) is 0 Å². The van der Waals surface area contributed by atoms with Gasteiger partial charge in [0, 0.05) is 12.7 Å². The molecule has 86 valence electrons. The van der Waals surface area contributed by atoms with Gasteiger partial charge in [0.25, 0.3) is 0 Å². The standard InChI is InChI=1S/C14H19NS/c1-9-6-10(2)13(11(3)7-9)14-15(5)12(4)8-16-14/h6-8,14H,1-5H3. The van der Waals surface area contributed by atoms with Crippen LogP contribution in [0.3, 0.4) is 0 Å². The second kappa shape index (κ2) is 4.17. The second-order valence-corrected chi connectivity index (χ2v) is 5.63. The van der Waals surface area contributed by atoms with Crippen LogP contribution in [0.25, 0.3) is 0 Å². The number of rotatable bonds is 1. The smallest absolute Gasteiger partial charge is 0.105 e. The first-order valence-electron chi connectivity index (χ1n) is 5.63. The molecule has 1 aromatic carbocycles. The second-order valence-electron chi connectivity index (χ2n) is 4.67. The number of thioether (sulfide) groups is 1. The van der Waals surface area contributed by atoms with E-state index < -0.39 is 0 Å². The van der Waals surface area contributed by atoms with Crippen molar-refractivity contribution in [2.24, 2.45) is 0 Å². The van der Waals surface area contributed by atoms with Crippen LogP contribution >= 0.6 is 11.8 Å². The average molecular weight is 233 g/mol. The van der Waals surface area contributed by atoms with Crippen molar-refractivity contribution in [2.45, 2.75) is 33.1 Å². The summed E-state index contributed by atoms with van der Waals surface area (Å²) < 4.78 is 0. The summed E-state index contributed by atoms with van der Waals surface area (Å²) in [5.74, 6) is 0. The fraction of sp³-hybridized carbons (Fsp3) is 0.429. The summed E-state index contributed by atoms with van der Waals surface area (Å²) in [6.07, 6.45) is 0. The highest BCUT2D eigenvalue weighted by molar-refractivity contribution is 8.02. The molecule has 0 radical (unpaired) electrons. The molecule has 0 spiro atoms. The summed E-state index contributed by atoms with van der Waals surface area (Å²) in [4.78, 5) is 2.36. The van der Waals surface area contributed by atoms with Crippen LogP contribution in [0.1, 0.15) is 34.6 Å². The fourth-order valence-corrected chi connectivity index (χ4v) is 3.71. The Labute approximate surface area is 103 Å². The maximum absolute atomic E-state index is 2.36. The summed E-state index contributed by atoms with van der Waals surface area (Å²) in [5.41, 5.74) is 7.00. The molecule has 0 amide bonds. The van der Waals surface area contributed by atoms with Crippen molar-refractivity contribution in [2.75, 3.05) is 7.05 Å². The molecule has 2 rings (SSSR count). The third-order valence-electron chi connectivity index (χ3n) is 3.26. The van der Waals surface area contributed by atoms with Gasteiger partial charge in [0.05, 0.1) is 0 Å². The van der Waals surface area contributed by atoms with Crippen molar-refractivity contribution < 1.29 is 0 Å². The van der Waals surface area contributed by atoms with Crippen LogP contribution in [0, 0.1) is 20.8 Å². The van der Waals surface area contributed by atoms with Crippen LogP contribution < -0.4 is 0 Å². The molecule has 1 nitrogen and oxygen atoms in total. The van der Waals surface area contributed by atoms with E-state index in [4.69, 9.17) is 0 Å². The summed E-state index contributed by atoms with van der Waals surface area (Å²) in [7, 11) is 2.18. The van der Waals surface area contributed by atoms with Gasteiger partial charge in [-0.2, -0.15) is 0 Å². The summed E-state index contributed by atoms with van der Waals surface area (Å²) in [6, 6.07) is 4.56. The SMILES string of the molecule is CC1=CSC(c2c(C)cc(C)cc2C)N1C. The summed E-state index contributed by atoms with van der Waals surface area (Å²) >= 11 is 1.91. The zero-order valence-electron chi connectivity index (χ0n) is 10.7. The number of nitrogens with zero attached hydrogens (tertiary/aromatic N) is 1. The highest BCUT2D eigenvalue weighted by atomic mass is 32.2. The lowest BCUT2D eigenvalue weighted by molar-refractivity contribution is 0.410. The van der Waals surface area contributed by atoms with E-state index in [0.29, 0.717) is 5.37 Å². The molecule has 0 aromatic heterocycles. The Morgan fingerprint density at radius 2 is 1.62 bits per heavy atom. The van der Waals surface area contributed by atoms with Crippen molar-refractivity contribution in [3.63, 3.8) is 0 Å². The molecule has 1 aliphatic rings. The highest BCUT2D eigenvalue weighted by Crippen LogP contribution is 2.43. The van der Waals surface area contributed by atoms with Gasteiger partial charge in [0.2, 0.25) is 0 Å². The summed E-state index contributed by atoms with van der Waals surface area (Å²) in [6.45, 7) is 8.78. The first-order valence-corrected chi connectivity index (χ1v) is 6.58. The molecular weight excluding hydrogens is 214 g/mol. The minimum Gasteiger partial charge on any atom is -0.361 e. The van der Waals surface area contributed by atoms with Crippen molar-refractivity contribution in [1.29, 1.82) is 0 Å². The van der Waals surface area contributed by atoms with Crippen LogP contribution in [-0.4, -0.2) is 11.9 Å². The Balaban J connectivity index is 2.43. The van der Waals surface area contributed by atoms with E-state index in [2.05, 4.69) is 57.2 Å². The van der Waals surface area contributed by atoms with Crippen LogP contribution in [-0.2, 0) is 0 Å². The van der Waals surface area contributed by atoms with Crippen LogP contribution in [0.15, 0.2) is 23.2 Å². The Kier molecular flexibility index (Phi) is 3.02. The lowest BCUT2D eigenvalue weighted by Crippen LogP contribution is -2.17. The third kappa shape index (κ3) is 1.86. The largest absolute Gasteiger partial charge is 0.361 e. The number of hydrogen-bond donors (Lipinski definition) is 0. The first kappa shape index (κ1) is 11.6. The third-order valence-corrected chi connectivity index (χ3v) is 4.55. The molecule has 0 bridgehead atoms. The lowest BCUT2D eigenvalue weighted by Gasteiger charge is -2.26. The molecule has 0 saturated carbocycles. The van der Waals surface area contributed by atoms with E-state index in [-0.39, 0.29) is 0 Å². The van der Waals surface area contributed by atoms with Crippen molar-refractivity contribution in [3.8, 4) is 0 Å². The van der Waals surface area contributed by atoms with Gasteiger partial charge in [-0.1, -0.05) is 17.7 Å². The van der Waals surface area contributed by atoms with Gasteiger partial charge in [-0.25, -0.2) is 0 Å². The zero-order chi connectivity index (χ0) is 11.9. The zero-order valence-corrected chi connectivity index (χ0v) is 11.5. The normalized spacial score (nSPS) is 20.2. The molecule has 1 heterocycles. The Bertz CT molecular complexity index is 425. The van der Waals surface area contributed by atoms with Crippen molar-refractivity contribution in [3.05, 3.63) is 45.5 Å². The predicted octanol–water partition coefficient (Wildman–Crippen LogP) is 4.15. The minimum absolute atomic E-state index is 0.459. The maximum atomic E-state index is 2.36. The molecule has 0 fully saturated rings. The van der Waals surface area contributed by atoms with E-state index in [9.17, 15) is 0 Å². The number of aryl methyl sites for hydroxylation is 3. The first-order chi connectivity index (χ1) is 7.50. The Morgan fingerprint density at radius 3 is 2.06 bits per heavy atom. The fourth-order valence-electron chi connectivity index (χ4n) is 2.36. The lowest BCUT2D eigenvalue weighted by atomic mass is 9.99. The molecular formula is C14H19NS. The van der Waals surface area contributed by atoms with Crippen molar-refractivity contribution >= 4 is 11.8 Å². The molecule has 0 N–H and O–H groups in total. The van der Waals surface area contributed by atoms with E-state index in [1.807, 2.05) is 11.8 Å². The van der Waals surface area contributed by atoms with E-state index in [0.717, 1.165) is 0 Å². The van der Waals surface area contributed by atoms with Gasteiger partial charge in [0.15, 0.2) is 0 Å². The predicted molar refractivity (Wildman–Crippen MR) is 72.5 cm³/mol. The monoisotopic (exact) mass is 233 g/mol. The maximum Gasteiger partial charge on any atom is 0.105 e. The van der Waals surface area contributed by atoms with Gasteiger partial charge in [-0.05, 0) is 49.8 Å². The van der Waals surface area contributed by atoms with E-state index >= 15 is 0 Å².